The first kappa shape index (κ1) is 13.1. The van der Waals surface area contributed by atoms with Crippen molar-refractivity contribution < 1.29 is 9.84 Å². The minimum Gasteiger partial charge on any atom is -0.489 e. The molecule has 0 unspecified atom stereocenters. The molecule has 2 aromatic rings. The van der Waals surface area contributed by atoms with Crippen LogP contribution in [0.3, 0.4) is 0 Å². The highest BCUT2D eigenvalue weighted by Crippen LogP contribution is 2.21. The second kappa shape index (κ2) is 6.58. The van der Waals surface area contributed by atoms with Crippen LogP contribution >= 0.6 is 0 Å². The second-order valence-corrected chi connectivity index (χ2v) is 4.22. The van der Waals surface area contributed by atoms with E-state index in [-0.39, 0.29) is 6.42 Å². The zero-order valence-electron chi connectivity index (χ0n) is 10.5. The summed E-state index contributed by atoms with van der Waals surface area (Å²) in [4.78, 5) is 0. The van der Waals surface area contributed by atoms with Gasteiger partial charge in [-0.05, 0) is 23.3 Å². The highest BCUT2D eigenvalue weighted by atomic mass is 16.5. The van der Waals surface area contributed by atoms with Gasteiger partial charge >= 0.3 is 0 Å². The first-order valence-electron chi connectivity index (χ1n) is 6.11. The molecule has 19 heavy (non-hydrogen) atoms. The first-order chi connectivity index (χ1) is 9.29. The number of benzene rings is 2. The molecule has 0 fully saturated rings. The Labute approximate surface area is 112 Å². The summed E-state index contributed by atoms with van der Waals surface area (Å²) in [7, 11) is 0. The molecular formula is C16H15NO2. The van der Waals surface area contributed by atoms with E-state index in [9.17, 15) is 5.11 Å². The molecule has 0 saturated heterocycles. The summed E-state index contributed by atoms with van der Waals surface area (Å²) in [6.07, 6.45) is -0.674. The third-order valence-electron chi connectivity index (χ3n) is 2.78. The van der Waals surface area contributed by atoms with Gasteiger partial charge in [0.2, 0.25) is 0 Å². The molecular weight excluding hydrogens is 238 g/mol. The monoisotopic (exact) mass is 253 g/mol. The van der Waals surface area contributed by atoms with E-state index < -0.39 is 6.10 Å². The zero-order chi connectivity index (χ0) is 13.5. The number of ether oxygens (including phenoxy) is 1. The van der Waals surface area contributed by atoms with Crippen LogP contribution in [0.25, 0.3) is 0 Å². The summed E-state index contributed by atoms with van der Waals surface area (Å²) in [5.41, 5.74) is 1.79. The quantitative estimate of drug-likeness (QED) is 0.890. The van der Waals surface area contributed by atoms with Gasteiger partial charge in [-0.25, -0.2) is 0 Å². The van der Waals surface area contributed by atoms with Gasteiger partial charge in [-0.3, -0.25) is 0 Å². The average molecular weight is 253 g/mol. The largest absolute Gasteiger partial charge is 0.489 e. The van der Waals surface area contributed by atoms with E-state index in [1.54, 1.807) is 12.1 Å². The number of hydrogen-bond donors (Lipinski definition) is 1. The normalized spacial score (nSPS) is 11.6. The Bertz CT molecular complexity index is 560. The van der Waals surface area contributed by atoms with E-state index in [1.807, 2.05) is 48.5 Å². The summed E-state index contributed by atoms with van der Waals surface area (Å²) in [5, 5.41) is 18.3. The van der Waals surface area contributed by atoms with Crippen molar-refractivity contribution in [1.82, 2.24) is 0 Å². The predicted molar refractivity (Wildman–Crippen MR) is 72.4 cm³/mol. The molecule has 0 amide bonds. The highest BCUT2D eigenvalue weighted by Gasteiger charge is 2.07. The smallest absolute Gasteiger partial charge is 0.120 e. The van der Waals surface area contributed by atoms with Crippen molar-refractivity contribution in [2.45, 2.75) is 19.1 Å². The lowest BCUT2D eigenvalue weighted by Gasteiger charge is -2.10. The van der Waals surface area contributed by atoms with Crippen LogP contribution in [-0.4, -0.2) is 5.11 Å². The lowest BCUT2D eigenvalue weighted by atomic mass is 10.1. The molecule has 2 aromatic carbocycles. The molecule has 0 aliphatic rings. The number of nitriles is 1. The van der Waals surface area contributed by atoms with Crippen molar-refractivity contribution in [3.05, 3.63) is 65.7 Å². The fourth-order valence-electron chi connectivity index (χ4n) is 1.76. The van der Waals surface area contributed by atoms with Gasteiger partial charge in [0.1, 0.15) is 12.4 Å². The molecule has 2 rings (SSSR count). The van der Waals surface area contributed by atoms with Crippen molar-refractivity contribution in [2.24, 2.45) is 0 Å². The predicted octanol–water partition coefficient (Wildman–Crippen LogP) is 3.21. The SMILES string of the molecule is N#CC[C@@H](O)c1cccc(OCc2ccccc2)c1. The Morgan fingerprint density at radius 3 is 2.63 bits per heavy atom. The summed E-state index contributed by atoms with van der Waals surface area (Å²) >= 11 is 0. The molecule has 1 N–H and O–H groups in total. The van der Waals surface area contributed by atoms with Crippen LogP contribution in [0.15, 0.2) is 54.6 Å². The fraction of sp³-hybridized carbons (Fsp3) is 0.188. The number of aliphatic hydroxyl groups excluding tert-OH is 1. The van der Waals surface area contributed by atoms with Crippen LogP contribution in [0.5, 0.6) is 5.75 Å². The Balaban J connectivity index is 2.01. The lowest BCUT2D eigenvalue weighted by Crippen LogP contribution is -1.98. The van der Waals surface area contributed by atoms with Gasteiger partial charge in [0.15, 0.2) is 0 Å². The van der Waals surface area contributed by atoms with E-state index in [2.05, 4.69) is 0 Å². The maximum Gasteiger partial charge on any atom is 0.120 e. The Kier molecular flexibility index (Phi) is 4.54. The van der Waals surface area contributed by atoms with Crippen LogP contribution in [0, 0.1) is 11.3 Å². The maximum absolute atomic E-state index is 9.75. The Morgan fingerprint density at radius 2 is 1.89 bits per heavy atom. The summed E-state index contributed by atoms with van der Waals surface area (Å²) < 4.78 is 5.67. The van der Waals surface area contributed by atoms with Crippen LogP contribution in [0.1, 0.15) is 23.7 Å². The van der Waals surface area contributed by atoms with Gasteiger partial charge in [-0.2, -0.15) is 5.26 Å². The van der Waals surface area contributed by atoms with E-state index >= 15 is 0 Å². The lowest BCUT2D eigenvalue weighted by molar-refractivity contribution is 0.182. The molecule has 1 atom stereocenters. The number of hydrogen-bond acceptors (Lipinski definition) is 3. The molecule has 0 saturated carbocycles. The third-order valence-corrected chi connectivity index (χ3v) is 2.78. The molecule has 3 heteroatoms. The van der Waals surface area contributed by atoms with E-state index in [0.717, 1.165) is 5.56 Å². The molecule has 0 aliphatic carbocycles. The zero-order valence-corrected chi connectivity index (χ0v) is 10.5. The molecule has 3 nitrogen and oxygen atoms in total. The minimum atomic E-state index is -0.759. The van der Waals surface area contributed by atoms with Gasteiger partial charge in [-0.1, -0.05) is 42.5 Å². The molecule has 0 radical (unpaired) electrons. The fourth-order valence-corrected chi connectivity index (χ4v) is 1.76. The summed E-state index contributed by atoms with van der Waals surface area (Å²) in [6.45, 7) is 0.485. The summed E-state index contributed by atoms with van der Waals surface area (Å²) in [6, 6.07) is 19.0. The van der Waals surface area contributed by atoms with Gasteiger partial charge in [-0.15, -0.1) is 0 Å². The minimum absolute atomic E-state index is 0.0855. The first-order valence-corrected chi connectivity index (χ1v) is 6.11. The van der Waals surface area contributed by atoms with Crippen LogP contribution in [-0.2, 0) is 6.61 Å². The Morgan fingerprint density at radius 1 is 1.11 bits per heavy atom. The van der Waals surface area contributed by atoms with Crippen molar-refractivity contribution in [2.75, 3.05) is 0 Å². The number of nitrogens with zero attached hydrogens (tertiary/aromatic N) is 1. The second-order valence-electron chi connectivity index (χ2n) is 4.22. The van der Waals surface area contributed by atoms with Crippen molar-refractivity contribution in [1.29, 1.82) is 5.26 Å². The number of aliphatic hydroxyl groups is 1. The van der Waals surface area contributed by atoms with Crippen LogP contribution < -0.4 is 4.74 Å². The average Bonchev–Trinajstić information content (AvgIpc) is 2.47. The molecule has 0 aliphatic heterocycles. The van der Waals surface area contributed by atoms with E-state index in [4.69, 9.17) is 10.00 Å². The standard InChI is InChI=1S/C16H15NO2/c17-10-9-16(18)14-7-4-8-15(11-14)19-12-13-5-2-1-3-6-13/h1-8,11,16,18H,9,12H2/t16-/m1/s1. The molecule has 0 bridgehead atoms. The topological polar surface area (TPSA) is 53.2 Å². The van der Waals surface area contributed by atoms with E-state index in [0.29, 0.717) is 17.9 Å². The van der Waals surface area contributed by atoms with Crippen LogP contribution in [0.4, 0.5) is 0 Å². The van der Waals surface area contributed by atoms with Gasteiger partial charge in [0.25, 0.3) is 0 Å². The van der Waals surface area contributed by atoms with Gasteiger partial charge in [0, 0.05) is 0 Å². The number of rotatable bonds is 5. The maximum atomic E-state index is 9.75. The summed E-state index contributed by atoms with van der Waals surface area (Å²) in [5.74, 6) is 0.693. The molecule has 0 aromatic heterocycles. The van der Waals surface area contributed by atoms with Gasteiger partial charge in [0.05, 0.1) is 18.6 Å². The highest BCUT2D eigenvalue weighted by molar-refractivity contribution is 5.30. The van der Waals surface area contributed by atoms with Crippen molar-refractivity contribution in [3.8, 4) is 11.8 Å². The Hall–Kier alpha value is -2.31. The van der Waals surface area contributed by atoms with Crippen molar-refractivity contribution in [3.63, 3.8) is 0 Å². The third kappa shape index (κ3) is 3.84. The van der Waals surface area contributed by atoms with Gasteiger partial charge < -0.3 is 9.84 Å². The van der Waals surface area contributed by atoms with Crippen LogP contribution in [0.2, 0.25) is 0 Å². The van der Waals surface area contributed by atoms with Crippen molar-refractivity contribution >= 4 is 0 Å². The molecule has 96 valence electrons. The molecule has 0 spiro atoms. The molecule has 0 heterocycles. The van der Waals surface area contributed by atoms with E-state index in [1.165, 1.54) is 0 Å².